The van der Waals surface area contributed by atoms with Crippen molar-refractivity contribution in [2.75, 3.05) is 0 Å². The lowest BCUT2D eigenvalue weighted by atomic mass is 9.93. The summed E-state index contributed by atoms with van der Waals surface area (Å²) in [6, 6.07) is 12.3. The third kappa shape index (κ3) is 3.57. The highest BCUT2D eigenvalue weighted by atomic mass is 35.5. The van der Waals surface area contributed by atoms with Crippen LogP contribution in [0, 0.1) is 5.82 Å². The Hall–Kier alpha value is -2.21. The normalized spacial score (nSPS) is 17.0. The van der Waals surface area contributed by atoms with Crippen molar-refractivity contribution < 1.29 is 9.13 Å². The summed E-state index contributed by atoms with van der Waals surface area (Å²) in [5, 5.41) is 1.89. The summed E-state index contributed by atoms with van der Waals surface area (Å²) in [4.78, 5) is 10.1. The topological polar surface area (TPSA) is 35.0 Å². The Morgan fingerprint density at radius 2 is 1.88 bits per heavy atom. The SMILES string of the molecule is CC1(c2cccc(-c3cc(Oc4ccc5nc(C6CC6)sc5n4)c(Cl)cc3F)c2Cl)CC1. The van der Waals surface area contributed by atoms with E-state index in [-0.39, 0.29) is 10.4 Å². The van der Waals surface area contributed by atoms with E-state index in [2.05, 4.69) is 16.9 Å². The van der Waals surface area contributed by atoms with Gasteiger partial charge in [-0.2, -0.15) is 0 Å². The Morgan fingerprint density at radius 3 is 2.62 bits per heavy atom. The van der Waals surface area contributed by atoms with Crippen LogP contribution in [0.4, 0.5) is 4.39 Å². The molecular formula is C25H19Cl2FN2OS. The summed E-state index contributed by atoms with van der Waals surface area (Å²) in [7, 11) is 0. The fourth-order valence-corrected chi connectivity index (χ4v) is 5.71. The zero-order chi connectivity index (χ0) is 22.0. The molecular weight excluding hydrogens is 466 g/mol. The Balaban J connectivity index is 1.37. The molecule has 0 amide bonds. The first-order chi connectivity index (χ1) is 15.4. The molecule has 0 aliphatic heterocycles. The van der Waals surface area contributed by atoms with Gasteiger partial charge in [-0.25, -0.2) is 14.4 Å². The van der Waals surface area contributed by atoms with Crippen molar-refractivity contribution in [2.45, 2.75) is 43.9 Å². The maximum absolute atomic E-state index is 15.0. The smallest absolute Gasteiger partial charge is 0.220 e. The third-order valence-electron chi connectivity index (χ3n) is 6.35. The van der Waals surface area contributed by atoms with Gasteiger partial charge in [-0.1, -0.05) is 59.7 Å². The number of ether oxygens (including phenoxy) is 1. The van der Waals surface area contributed by atoms with Gasteiger partial charge in [0.1, 0.15) is 21.9 Å². The predicted octanol–water partition coefficient (Wildman–Crippen LogP) is 8.53. The first kappa shape index (κ1) is 20.4. The van der Waals surface area contributed by atoms with E-state index in [1.165, 1.54) is 18.9 Å². The fourth-order valence-electron chi connectivity index (χ4n) is 3.97. The average molecular weight is 485 g/mol. The van der Waals surface area contributed by atoms with Crippen LogP contribution < -0.4 is 4.74 Å². The van der Waals surface area contributed by atoms with Gasteiger partial charge in [-0.15, -0.1) is 0 Å². The van der Waals surface area contributed by atoms with Crippen molar-refractivity contribution in [1.82, 2.24) is 9.97 Å². The molecule has 2 fully saturated rings. The highest BCUT2D eigenvalue weighted by Crippen LogP contribution is 2.52. The van der Waals surface area contributed by atoms with Crippen molar-refractivity contribution in [2.24, 2.45) is 0 Å². The monoisotopic (exact) mass is 484 g/mol. The van der Waals surface area contributed by atoms with E-state index in [0.717, 1.165) is 33.8 Å². The number of halogens is 3. The Bertz CT molecular complexity index is 1380. The van der Waals surface area contributed by atoms with Crippen LogP contribution in [0.1, 0.15) is 49.1 Å². The lowest BCUT2D eigenvalue weighted by Gasteiger charge is -2.16. The standard InChI is InChI=1S/C25H19Cl2FN2OS/c1-25(9-10-25)16-4-2-3-14(22(16)27)15-11-20(17(26)12-18(15)28)31-21-8-7-19-24(30-21)32-23(29-19)13-5-6-13/h2-4,7-8,11-13H,5-6,9-10H2,1H3. The van der Waals surface area contributed by atoms with E-state index in [9.17, 15) is 4.39 Å². The van der Waals surface area contributed by atoms with Gasteiger partial charge in [0, 0.05) is 23.1 Å². The molecule has 2 aromatic carbocycles. The van der Waals surface area contributed by atoms with Crippen LogP contribution in [0.2, 0.25) is 10.0 Å². The highest BCUT2D eigenvalue weighted by Gasteiger charge is 2.41. The van der Waals surface area contributed by atoms with E-state index >= 15 is 0 Å². The van der Waals surface area contributed by atoms with Gasteiger partial charge < -0.3 is 4.74 Å². The number of thiazole rings is 1. The third-order valence-corrected chi connectivity index (χ3v) is 8.18. The summed E-state index contributed by atoms with van der Waals surface area (Å²) >= 11 is 14.7. The molecule has 0 N–H and O–H groups in total. The highest BCUT2D eigenvalue weighted by molar-refractivity contribution is 7.18. The van der Waals surface area contributed by atoms with Crippen molar-refractivity contribution >= 4 is 44.9 Å². The van der Waals surface area contributed by atoms with Gasteiger partial charge in [0.25, 0.3) is 0 Å². The molecule has 162 valence electrons. The van der Waals surface area contributed by atoms with Crippen LogP contribution in [-0.2, 0) is 5.41 Å². The van der Waals surface area contributed by atoms with Crippen LogP contribution in [-0.4, -0.2) is 9.97 Å². The zero-order valence-electron chi connectivity index (χ0n) is 17.3. The lowest BCUT2D eigenvalue weighted by Crippen LogP contribution is -2.02. The van der Waals surface area contributed by atoms with Gasteiger partial charge in [0.2, 0.25) is 5.88 Å². The number of pyridine rings is 1. The largest absolute Gasteiger partial charge is 0.437 e. The average Bonchev–Trinajstić information content (AvgIpc) is 3.70. The Morgan fingerprint density at radius 1 is 1.06 bits per heavy atom. The molecule has 6 rings (SSSR count). The Kier molecular flexibility index (Phi) is 4.72. The van der Waals surface area contributed by atoms with E-state index in [1.807, 2.05) is 24.3 Å². The van der Waals surface area contributed by atoms with E-state index < -0.39 is 5.82 Å². The van der Waals surface area contributed by atoms with Crippen LogP contribution in [0.5, 0.6) is 11.6 Å². The molecule has 32 heavy (non-hydrogen) atoms. The molecule has 7 heteroatoms. The predicted molar refractivity (Wildman–Crippen MR) is 128 cm³/mol. The molecule has 3 nitrogen and oxygen atoms in total. The first-order valence-electron chi connectivity index (χ1n) is 10.6. The summed E-state index contributed by atoms with van der Waals surface area (Å²) < 4.78 is 20.9. The van der Waals surface area contributed by atoms with Crippen LogP contribution >= 0.6 is 34.5 Å². The van der Waals surface area contributed by atoms with Gasteiger partial charge in [0.05, 0.1) is 15.1 Å². The van der Waals surface area contributed by atoms with E-state index in [0.29, 0.717) is 33.7 Å². The molecule has 4 aromatic rings. The fraction of sp³-hybridized carbons (Fsp3) is 0.280. The number of hydrogen-bond acceptors (Lipinski definition) is 4. The van der Waals surface area contributed by atoms with Gasteiger partial charge in [-0.3, -0.25) is 0 Å². The van der Waals surface area contributed by atoms with Crippen molar-refractivity contribution in [3.05, 3.63) is 68.9 Å². The first-order valence-corrected chi connectivity index (χ1v) is 12.2. The number of rotatable bonds is 5. The molecule has 2 aliphatic rings. The van der Waals surface area contributed by atoms with E-state index in [4.69, 9.17) is 27.9 Å². The minimum Gasteiger partial charge on any atom is -0.437 e. The second-order valence-corrected chi connectivity index (χ2v) is 10.7. The molecule has 2 saturated carbocycles. The number of nitrogens with zero attached hydrogens (tertiary/aromatic N) is 2. The van der Waals surface area contributed by atoms with Crippen LogP contribution in [0.25, 0.3) is 21.5 Å². The molecule has 0 unspecified atom stereocenters. The van der Waals surface area contributed by atoms with Crippen molar-refractivity contribution in [3.63, 3.8) is 0 Å². The molecule has 2 aliphatic carbocycles. The van der Waals surface area contributed by atoms with Crippen molar-refractivity contribution in [3.8, 4) is 22.8 Å². The molecule has 0 saturated heterocycles. The Labute approximate surface area is 199 Å². The van der Waals surface area contributed by atoms with Gasteiger partial charge >= 0.3 is 0 Å². The summed E-state index contributed by atoms with van der Waals surface area (Å²) in [5.41, 5.74) is 2.99. The maximum Gasteiger partial charge on any atom is 0.220 e. The maximum atomic E-state index is 15.0. The second kappa shape index (κ2) is 7.41. The summed E-state index contributed by atoms with van der Waals surface area (Å²) in [6.45, 7) is 2.18. The summed E-state index contributed by atoms with van der Waals surface area (Å²) in [6.07, 6.45) is 4.56. The molecule has 0 atom stereocenters. The zero-order valence-corrected chi connectivity index (χ0v) is 19.6. The number of benzene rings is 2. The summed E-state index contributed by atoms with van der Waals surface area (Å²) in [5.74, 6) is 0.864. The minimum absolute atomic E-state index is 0.0721. The molecule has 0 spiro atoms. The number of fused-ring (bicyclic) bond motifs is 1. The van der Waals surface area contributed by atoms with Gasteiger partial charge in [0.15, 0.2) is 0 Å². The number of aromatic nitrogens is 2. The number of hydrogen-bond donors (Lipinski definition) is 0. The van der Waals surface area contributed by atoms with Gasteiger partial charge in [-0.05, 0) is 54.9 Å². The molecule has 0 bridgehead atoms. The second-order valence-electron chi connectivity index (χ2n) is 8.89. The molecule has 2 heterocycles. The van der Waals surface area contributed by atoms with Crippen LogP contribution in [0.3, 0.4) is 0 Å². The van der Waals surface area contributed by atoms with Crippen LogP contribution in [0.15, 0.2) is 42.5 Å². The molecule has 0 radical (unpaired) electrons. The van der Waals surface area contributed by atoms with E-state index in [1.54, 1.807) is 23.5 Å². The lowest BCUT2D eigenvalue weighted by molar-refractivity contribution is 0.464. The molecule has 2 aromatic heterocycles. The van der Waals surface area contributed by atoms with Crippen molar-refractivity contribution in [1.29, 1.82) is 0 Å². The minimum atomic E-state index is -0.442. The quantitative estimate of drug-likeness (QED) is 0.284.